The van der Waals surface area contributed by atoms with Crippen molar-refractivity contribution < 1.29 is 0 Å². The molecule has 1 aromatic heterocycles. The lowest BCUT2D eigenvalue weighted by molar-refractivity contribution is 0.394. The molecule has 1 saturated heterocycles. The van der Waals surface area contributed by atoms with Crippen molar-refractivity contribution in [3.05, 3.63) is 16.9 Å². The second-order valence-corrected chi connectivity index (χ2v) is 6.99. The number of halogens is 1. The van der Waals surface area contributed by atoms with Gasteiger partial charge in [0.05, 0.1) is 23.0 Å². The van der Waals surface area contributed by atoms with Crippen LogP contribution in [0.5, 0.6) is 0 Å². The summed E-state index contributed by atoms with van der Waals surface area (Å²) in [6.07, 6.45) is 4.30. The summed E-state index contributed by atoms with van der Waals surface area (Å²) in [7, 11) is 0. The summed E-state index contributed by atoms with van der Waals surface area (Å²) >= 11 is 8.42. The Labute approximate surface area is 119 Å². The molecule has 0 aromatic carbocycles. The molecule has 0 saturated carbocycles. The average Bonchev–Trinajstić information content (AvgIpc) is 2.94. The molecule has 1 fully saturated rings. The lowest BCUT2D eigenvalue weighted by Crippen LogP contribution is -2.39. The Bertz CT molecular complexity index is 399. The predicted molar refractivity (Wildman–Crippen MR) is 79.4 cm³/mol. The van der Waals surface area contributed by atoms with Crippen molar-refractivity contribution in [1.82, 2.24) is 15.1 Å². The summed E-state index contributed by atoms with van der Waals surface area (Å²) in [5, 5.41) is 8.78. The number of rotatable bonds is 5. The van der Waals surface area contributed by atoms with Crippen LogP contribution in [-0.4, -0.2) is 26.8 Å². The number of hydrogen-bond acceptors (Lipinski definition) is 3. The number of hydrogen-bond donors (Lipinski definition) is 1. The smallest absolute Gasteiger partial charge is 0.0834 e. The van der Waals surface area contributed by atoms with E-state index in [2.05, 4.69) is 42.9 Å². The SMILES string of the molecule is CCNC(c1c(Cl)cnn1CC)C1(C)CCCS1. The third-order valence-electron chi connectivity index (χ3n) is 3.67. The highest BCUT2D eigenvalue weighted by molar-refractivity contribution is 8.00. The number of nitrogens with one attached hydrogen (secondary N) is 1. The van der Waals surface area contributed by atoms with Crippen molar-refractivity contribution in [2.45, 2.75) is 50.9 Å². The fourth-order valence-electron chi connectivity index (χ4n) is 2.75. The lowest BCUT2D eigenvalue weighted by atomic mass is 9.93. The van der Waals surface area contributed by atoms with Crippen LogP contribution in [0.2, 0.25) is 5.02 Å². The van der Waals surface area contributed by atoms with E-state index in [-0.39, 0.29) is 10.8 Å². The minimum absolute atomic E-state index is 0.229. The molecular weight excluding hydrogens is 266 g/mol. The molecule has 2 unspecified atom stereocenters. The molecule has 1 N–H and O–H groups in total. The van der Waals surface area contributed by atoms with Crippen LogP contribution in [0, 0.1) is 0 Å². The molecule has 0 radical (unpaired) electrons. The molecule has 1 aliphatic heterocycles. The summed E-state index contributed by atoms with van der Waals surface area (Å²) in [4.78, 5) is 0. The molecule has 2 heterocycles. The summed E-state index contributed by atoms with van der Waals surface area (Å²) in [6, 6.07) is 0.282. The van der Waals surface area contributed by atoms with Crippen LogP contribution in [0.1, 0.15) is 45.3 Å². The minimum Gasteiger partial charge on any atom is -0.308 e. The first-order valence-electron chi connectivity index (χ1n) is 6.71. The monoisotopic (exact) mass is 287 g/mol. The van der Waals surface area contributed by atoms with E-state index >= 15 is 0 Å². The molecule has 5 heteroatoms. The van der Waals surface area contributed by atoms with Crippen molar-refractivity contribution in [3.8, 4) is 0 Å². The summed E-state index contributed by atoms with van der Waals surface area (Å²) < 4.78 is 2.26. The molecule has 3 nitrogen and oxygen atoms in total. The standard InChI is InChI=1S/C13H22ClN3S/c1-4-15-12(13(3)7-6-8-18-13)11-10(14)9-16-17(11)5-2/h9,12,15H,4-8H2,1-3H3. The number of aromatic nitrogens is 2. The normalized spacial score (nSPS) is 25.6. The average molecular weight is 288 g/mol. The topological polar surface area (TPSA) is 29.9 Å². The van der Waals surface area contributed by atoms with E-state index in [1.54, 1.807) is 6.20 Å². The highest BCUT2D eigenvalue weighted by Gasteiger charge is 2.40. The van der Waals surface area contributed by atoms with Gasteiger partial charge in [-0.1, -0.05) is 18.5 Å². The fraction of sp³-hybridized carbons (Fsp3) is 0.769. The maximum absolute atomic E-state index is 6.36. The zero-order chi connectivity index (χ0) is 13.2. The molecule has 0 amide bonds. The van der Waals surface area contributed by atoms with Gasteiger partial charge < -0.3 is 5.32 Å². The van der Waals surface area contributed by atoms with E-state index in [0.717, 1.165) is 23.8 Å². The van der Waals surface area contributed by atoms with Gasteiger partial charge in [0.2, 0.25) is 0 Å². The predicted octanol–water partition coefficient (Wildman–Crippen LogP) is 3.49. The van der Waals surface area contributed by atoms with Gasteiger partial charge in [-0.2, -0.15) is 16.9 Å². The Balaban J connectivity index is 2.37. The van der Waals surface area contributed by atoms with Crippen molar-refractivity contribution in [3.63, 3.8) is 0 Å². The first-order valence-corrected chi connectivity index (χ1v) is 8.07. The van der Waals surface area contributed by atoms with Crippen LogP contribution in [-0.2, 0) is 6.54 Å². The van der Waals surface area contributed by atoms with E-state index in [4.69, 9.17) is 11.6 Å². The van der Waals surface area contributed by atoms with Gasteiger partial charge in [0.1, 0.15) is 0 Å². The van der Waals surface area contributed by atoms with Crippen LogP contribution in [0.25, 0.3) is 0 Å². The molecule has 18 heavy (non-hydrogen) atoms. The highest BCUT2D eigenvalue weighted by atomic mass is 35.5. The quantitative estimate of drug-likeness (QED) is 0.899. The van der Waals surface area contributed by atoms with Crippen molar-refractivity contribution in [2.24, 2.45) is 0 Å². The molecule has 1 aliphatic rings. The zero-order valence-corrected chi connectivity index (χ0v) is 12.9. The number of aryl methyl sites for hydroxylation is 1. The van der Waals surface area contributed by atoms with Crippen molar-refractivity contribution in [2.75, 3.05) is 12.3 Å². The third-order valence-corrected chi connectivity index (χ3v) is 5.56. The molecule has 2 rings (SSSR count). The fourth-order valence-corrected chi connectivity index (χ4v) is 4.40. The van der Waals surface area contributed by atoms with E-state index in [1.807, 2.05) is 4.68 Å². The summed E-state index contributed by atoms with van der Waals surface area (Å²) in [5.41, 5.74) is 1.15. The maximum atomic E-state index is 6.36. The minimum atomic E-state index is 0.229. The van der Waals surface area contributed by atoms with E-state index in [0.29, 0.717) is 0 Å². The van der Waals surface area contributed by atoms with Gasteiger partial charge in [0.25, 0.3) is 0 Å². The van der Waals surface area contributed by atoms with E-state index < -0.39 is 0 Å². The van der Waals surface area contributed by atoms with Crippen molar-refractivity contribution in [1.29, 1.82) is 0 Å². The lowest BCUT2D eigenvalue weighted by Gasteiger charge is -2.34. The second kappa shape index (κ2) is 5.85. The van der Waals surface area contributed by atoms with Crippen LogP contribution in [0.15, 0.2) is 6.20 Å². The van der Waals surface area contributed by atoms with Gasteiger partial charge in [-0.25, -0.2) is 0 Å². The Morgan fingerprint density at radius 3 is 2.94 bits per heavy atom. The van der Waals surface area contributed by atoms with Crippen LogP contribution >= 0.6 is 23.4 Å². The van der Waals surface area contributed by atoms with Gasteiger partial charge in [-0.05, 0) is 39.0 Å². The molecule has 0 spiro atoms. The van der Waals surface area contributed by atoms with Gasteiger partial charge >= 0.3 is 0 Å². The van der Waals surface area contributed by atoms with Crippen molar-refractivity contribution >= 4 is 23.4 Å². The summed E-state index contributed by atoms with van der Waals surface area (Å²) in [5.74, 6) is 1.25. The molecule has 2 atom stereocenters. The third kappa shape index (κ3) is 2.56. The van der Waals surface area contributed by atoms with Gasteiger partial charge in [0, 0.05) is 11.3 Å². The van der Waals surface area contributed by atoms with Crippen LogP contribution in [0.4, 0.5) is 0 Å². The largest absolute Gasteiger partial charge is 0.308 e. The van der Waals surface area contributed by atoms with Crippen LogP contribution in [0.3, 0.4) is 0 Å². The van der Waals surface area contributed by atoms with E-state index in [9.17, 15) is 0 Å². The maximum Gasteiger partial charge on any atom is 0.0834 e. The number of nitrogens with zero attached hydrogens (tertiary/aromatic N) is 2. The first-order chi connectivity index (χ1) is 8.62. The number of thioether (sulfide) groups is 1. The van der Waals surface area contributed by atoms with Gasteiger partial charge in [0.15, 0.2) is 0 Å². The van der Waals surface area contributed by atoms with E-state index in [1.165, 1.54) is 18.6 Å². The molecular formula is C13H22ClN3S. The Kier molecular flexibility index (Phi) is 4.62. The van der Waals surface area contributed by atoms with Gasteiger partial charge in [-0.3, -0.25) is 4.68 Å². The molecule has 0 aliphatic carbocycles. The molecule has 0 bridgehead atoms. The van der Waals surface area contributed by atoms with Crippen LogP contribution < -0.4 is 5.32 Å². The molecule has 102 valence electrons. The molecule has 1 aromatic rings. The zero-order valence-electron chi connectivity index (χ0n) is 11.4. The Morgan fingerprint density at radius 2 is 2.39 bits per heavy atom. The Hall–Kier alpha value is -0.190. The Morgan fingerprint density at radius 1 is 1.61 bits per heavy atom. The summed E-state index contributed by atoms with van der Waals surface area (Å²) in [6.45, 7) is 8.43. The first kappa shape index (κ1) is 14.2. The second-order valence-electron chi connectivity index (χ2n) is 4.95. The van der Waals surface area contributed by atoms with Gasteiger partial charge in [-0.15, -0.1) is 0 Å². The highest BCUT2D eigenvalue weighted by Crippen LogP contribution is 2.47.